The topological polar surface area (TPSA) is 111 Å². The van der Waals surface area contributed by atoms with Crippen LogP contribution in [0.3, 0.4) is 0 Å². The van der Waals surface area contributed by atoms with E-state index in [-0.39, 0.29) is 32.0 Å². The predicted octanol–water partition coefficient (Wildman–Crippen LogP) is 18.3. The molecule has 0 spiro atoms. The number of rotatable bonds is 56. The number of phosphoric ester groups is 1. The Labute approximate surface area is 445 Å². The van der Waals surface area contributed by atoms with E-state index in [2.05, 4.69) is 62.5 Å². The predicted molar refractivity (Wildman–Crippen MR) is 305 cm³/mol. The lowest BCUT2D eigenvalue weighted by molar-refractivity contribution is -0.870. The van der Waals surface area contributed by atoms with Gasteiger partial charge in [0.25, 0.3) is 7.82 Å². The summed E-state index contributed by atoms with van der Waals surface area (Å²) in [5.41, 5.74) is 0. The highest BCUT2D eigenvalue weighted by atomic mass is 31.2. The van der Waals surface area contributed by atoms with Crippen molar-refractivity contribution >= 4 is 19.8 Å². The van der Waals surface area contributed by atoms with Crippen LogP contribution in [0.5, 0.6) is 0 Å². The molecule has 0 aromatic carbocycles. The van der Waals surface area contributed by atoms with Gasteiger partial charge < -0.3 is 27.9 Å². The third kappa shape index (κ3) is 57.3. The van der Waals surface area contributed by atoms with Gasteiger partial charge in [-0.3, -0.25) is 14.2 Å². The van der Waals surface area contributed by atoms with E-state index in [1.165, 1.54) is 180 Å². The normalized spacial score (nSPS) is 13.6. The molecule has 2 unspecified atom stereocenters. The van der Waals surface area contributed by atoms with Crippen molar-refractivity contribution in [1.29, 1.82) is 0 Å². The molecule has 72 heavy (non-hydrogen) atoms. The molecular formula is C62H116NO8P. The van der Waals surface area contributed by atoms with Crippen LogP contribution in [0.2, 0.25) is 0 Å². The first kappa shape index (κ1) is 70.0. The number of carbonyl (C=O) groups excluding carboxylic acids is 2. The van der Waals surface area contributed by atoms with Gasteiger partial charge in [0.2, 0.25) is 0 Å². The molecule has 0 amide bonds. The van der Waals surface area contributed by atoms with Crippen LogP contribution < -0.4 is 4.89 Å². The number of esters is 2. The van der Waals surface area contributed by atoms with Gasteiger partial charge in [-0.1, -0.05) is 242 Å². The Morgan fingerprint density at radius 2 is 0.750 bits per heavy atom. The van der Waals surface area contributed by atoms with Gasteiger partial charge >= 0.3 is 11.9 Å². The minimum atomic E-state index is -4.64. The van der Waals surface area contributed by atoms with E-state index in [1.54, 1.807) is 0 Å². The molecular weight excluding hydrogens is 918 g/mol. The van der Waals surface area contributed by atoms with Gasteiger partial charge in [-0.15, -0.1) is 0 Å². The number of hydrogen-bond acceptors (Lipinski definition) is 8. The van der Waals surface area contributed by atoms with Crippen LogP contribution in [0.1, 0.15) is 284 Å². The first-order chi connectivity index (χ1) is 35.0. The summed E-state index contributed by atoms with van der Waals surface area (Å²) in [7, 11) is 1.16. The summed E-state index contributed by atoms with van der Waals surface area (Å²) in [5, 5.41) is 0. The molecule has 0 bridgehead atoms. The quantitative estimate of drug-likeness (QED) is 0.0195. The molecule has 0 aliphatic carbocycles. The maximum atomic E-state index is 12.8. The van der Waals surface area contributed by atoms with Gasteiger partial charge in [0.05, 0.1) is 27.7 Å². The standard InChI is InChI=1S/C62H116NO8P/c1-6-8-10-12-14-16-18-20-22-24-26-27-28-29-30-31-32-33-34-35-37-38-40-42-44-46-48-50-52-54-61(64)68-58-60(59-70-72(66,67)69-57-56-63(3,4)5)71-62(65)55-53-51-49-47-45-43-41-39-36-25-23-21-19-17-15-13-11-9-7-2/h15,17,21,23-24,26,36,39,60H,6-14,16,18-20,22,25,27-35,37-38,40-59H2,1-5H3/b17-15-,23-21-,26-24-,39-36-. The molecule has 0 radical (unpaired) electrons. The molecule has 0 rings (SSSR count). The number of ether oxygens (including phenoxy) is 2. The maximum Gasteiger partial charge on any atom is 0.306 e. The van der Waals surface area contributed by atoms with E-state index in [4.69, 9.17) is 18.5 Å². The van der Waals surface area contributed by atoms with Gasteiger partial charge in [-0.25, -0.2) is 0 Å². The molecule has 9 nitrogen and oxygen atoms in total. The van der Waals surface area contributed by atoms with Crippen molar-refractivity contribution in [2.24, 2.45) is 0 Å². The number of likely N-dealkylation sites (N-methyl/N-ethyl adjacent to an activating group) is 1. The molecule has 0 aromatic heterocycles. The van der Waals surface area contributed by atoms with Gasteiger partial charge in [-0.2, -0.15) is 0 Å². The van der Waals surface area contributed by atoms with Crippen molar-refractivity contribution in [3.8, 4) is 0 Å². The van der Waals surface area contributed by atoms with E-state index in [0.717, 1.165) is 70.6 Å². The molecule has 0 aliphatic rings. The van der Waals surface area contributed by atoms with Gasteiger partial charge in [0.1, 0.15) is 19.8 Å². The summed E-state index contributed by atoms with van der Waals surface area (Å²) in [6, 6.07) is 0. The highest BCUT2D eigenvalue weighted by molar-refractivity contribution is 7.45. The summed E-state index contributed by atoms with van der Waals surface area (Å²) in [4.78, 5) is 37.9. The number of carbonyl (C=O) groups is 2. The van der Waals surface area contributed by atoms with Crippen molar-refractivity contribution in [3.63, 3.8) is 0 Å². The molecule has 0 aromatic rings. The largest absolute Gasteiger partial charge is 0.756 e. The van der Waals surface area contributed by atoms with Crippen LogP contribution in [-0.4, -0.2) is 70.0 Å². The Hall–Kier alpha value is -2.03. The number of quaternary nitrogens is 1. The second-order valence-corrected chi connectivity index (χ2v) is 23.1. The maximum absolute atomic E-state index is 12.8. The molecule has 0 fully saturated rings. The van der Waals surface area contributed by atoms with E-state index in [9.17, 15) is 19.0 Å². The Kier molecular flexibility index (Phi) is 52.3. The van der Waals surface area contributed by atoms with Crippen LogP contribution in [-0.2, 0) is 32.7 Å². The van der Waals surface area contributed by atoms with Crippen molar-refractivity contribution in [1.82, 2.24) is 0 Å². The third-order valence-corrected chi connectivity index (χ3v) is 14.3. The zero-order valence-corrected chi connectivity index (χ0v) is 48.8. The van der Waals surface area contributed by atoms with Crippen molar-refractivity contribution in [2.75, 3.05) is 47.5 Å². The summed E-state index contributed by atoms with van der Waals surface area (Å²) >= 11 is 0. The molecule has 0 N–H and O–H groups in total. The molecule has 10 heteroatoms. The molecule has 0 aliphatic heterocycles. The van der Waals surface area contributed by atoms with Crippen LogP contribution in [0, 0.1) is 0 Å². The first-order valence-corrected chi connectivity index (χ1v) is 31.8. The van der Waals surface area contributed by atoms with Crippen molar-refractivity contribution in [2.45, 2.75) is 290 Å². The van der Waals surface area contributed by atoms with Crippen LogP contribution in [0.25, 0.3) is 0 Å². The number of hydrogen-bond donors (Lipinski definition) is 0. The van der Waals surface area contributed by atoms with E-state index in [1.807, 2.05) is 21.1 Å². The average molecular weight is 1030 g/mol. The lowest BCUT2D eigenvalue weighted by atomic mass is 10.0. The fourth-order valence-corrected chi connectivity index (χ4v) is 9.33. The second kappa shape index (κ2) is 53.8. The fourth-order valence-electron chi connectivity index (χ4n) is 8.60. The lowest BCUT2D eigenvalue weighted by Crippen LogP contribution is -2.37. The van der Waals surface area contributed by atoms with E-state index < -0.39 is 26.5 Å². The van der Waals surface area contributed by atoms with Gasteiger partial charge in [0.15, 0.2) is 6.10 Å². The summed E-state index contributed by atoms with van der Waals surface area (Å²) in [6.45, 7) is 4.23. The number of unbranched alkanes of at least 4 members (excludes halogenated alkanes) is 34. The van der Waals surface area contributed by atoms with Crippen LogP contribution >= 0.6 is 7.82 Å². The Morgan fingerprint density at radius 3 is 1.15 bits per heavy atom. The zero-order valence-electron chi connectivity index (χ0n) is 47.9. The minimum absolute atomic E-state index is 0.0336. The number of allylic oxidation sites excluding steroid dienone is 8. The van der Waals surface area contributed by atoms with E-state index in [0.29, 0.717) is 17.4 Å². The molecule has 0 saturated heterocycles. The Balaban J connectivity index is 4.09. The minimum Gasteiger partial charge on any atom is -0.756 e. The van der Waals surface area contributed by atoms with Crippen LogP contribution in [0.15, 0.2) is 48.6 Å². The van der Waals surface area contributed by atoms with Gasteiger partial charge in [-0.05, 0) is 77.0 Å². The fraction of sp³-hybridized carbons (Fsp3) is 0.839. The SMILES string of the molecule is CCCCC/C=C\C/C=C\C/C=C\CCCCCCCCC(=O)OC(COC(=O)CCCCCCCCCCCCCCCCCCC/C=C\CCCCCCCCCC)COP(=O)([O-])OCC[N+](C)(C)C. The monoisotopic (exact) mass is 1030 g/mol. The third-order valence-electron chi connectivity index (χ3n) is 13.3. The Bertz CT molecular complexity index is 1360. The molecule has 2 atom stereocenters. The smallest absolute Gasteiger partial charge is 0.306 e. The van der Waals surface area contributed by atoms with Crippen molar-refractivity contribution in [3.05, 3.63) is 48.6 Å². The summed E-state index contributed by atoms with van der Waals surface area (Å²) < 4.78 is 34.2. The average Bonchev–Trinajstić information content (AvgIpc) is 3.34. The zero-order chi connectivity index (χ0) is 52.7. The van der Waals surface area contributed by atoms with Gasteiger partial charge in [0, 0.05) is 12.8 Å². The first-order valence-electron chi connectivity index (χ1n) is 30.3. The van der Waals surface area contributed by atoms with Crippen molar-refractivity contribution < 1.29 is 42.1 Å². The molecule has 422 valence electrons. The second-order valence-electron chi connectivity index (χ2n) is 21.7. The van der Waals surface area contributed by atoms with Crippen LogP contribution in [0.4, 0.5) is 0 Å². The highest BCUT2D eigenvalue weighted by Gasteiger charge is 2.22. The van der Waals surface area contributed by atoms with E-state index >= 15 is 0 Å². The Morgan fingerprint density at radius 1 is 0.431 bits per heavy atom. The summed E-state index contributed by atoms with van der Waals surface area (Å²) in [5.74, 6) is -0.838. The summed E-state index contributed by atoms with van der Waals surface area (Å²) in [6.07, 6.45) is 67.4. The number of nitrogens with zero attached hydrogens (tertiary/aromatic N) is 1. The molecule has 0 saturated carbocycles. The molecule has 0 heterocycles. The number of phosphoric acid groups is 1. The highest BCUT2D eigenvalue weighted by Crippen LogP contribution is 2.38. The lowest BCUT2D eigenvalue weighted by Gasteiger charge is -2.28.